The number of rotatable bonds is 5. The minimum Gasteiger partial charge on any atom is -0.387 e. The fraction of sp³-hybridized carbons (Fsp3) is 0.158. The molecule has 128 valence electrons. The molecule has 0 radical (unpaired) electrons. The summed E-state index contributed by atoms with van der Waals surface area (Å²) < 4.78 is 5.19. The van der Waals surface area contributed by atoms with Crippen molar-refractivity contribution in [1.29, 1.82) is 0 Å². The molecule has 0 aliphatic heterocycles. The van der Waals surface area contributed by atoms with Crippen LogP contribution >= 0.6 is 11.6 Å². The summed E-state index contributed by atoms with van der Waals surface area (Å²) in [4.78, 5) is 12.6. The molecule has 2 aromatic carbocycles. The van der Waals surface area contributed by atoms with Crippen LogP contribution in [0.15, 0.2) is 59.1 Å². The van der Waals surface area contributed by atoms with Gasteiger partial charge in [0.2, 0.25) is 0 Å². The smallest absolute Gasteiger partial charge is 0.257 e. The highest BCUT2D eigenvalue weighted by atomic mass is 35.5. The number of hydrogen-bond donors (Lipinski definition) is 2. The Morgan fingerprint density at radius 3 is 2.72 bits per heavy atom. The van der Waals surface area contributed by atoms with Gasteiger partial charge in [-0.1, -0.05) is 59.2 Å². The summed E-state index contributed by atoms with van der Waals surface area (Å²) >= 11 is 5.92. The van der Waals surface area contributed by atoms with Gasteiger partial charge in [-0.05, 0) is 24.6 Å². The molecule has 1 atom stereocenters. The molecule has 3 rings (SSSR count). The normalized spacial score (nSPS) is 12.0. The Balaban J connectivity index is 1.75. The zero-order valence-corrected chi connectivity index (χ0v) is 14.3. The average molecular weight is 357 g/mol. The van der Waals surface area contributed by atoms with Crippen LogP contribution in [0.5, 0.6) is 0 Å². The number of aliphatic hydroxyl groups excluding tert-OH is 1. The van der Waals surface area contributed by atoms with E-state index in [1.54, 1.807) is 31.2 Å². The van der Waals surface area contributed by atoms with Crippen molar-refractivity contribution in [1.82, 2.24) is 10.5 Å². The first kappa shape index (κ1) is 17.2. The topological polar surface area (TPSA) is 75.4 Å². The summed E-state index contributed by atoms with van der Waals surface area (Å²) in [6, 6.07) is 16.2. The molecule has 0 bridgehead atoms. The second kappa shape index (κ2) is 7.51. The predicted molar refractivity (Wildman–Crippen MR) is 95.4 cm³/mol. The first-order valence-corrected chi connectivity index (χ1v) is 8.17. The van der Waals surface area contributed by atoms with Crippen LogP contribution in [-0.4, -0.2) is 22.7 Å². The van der Waals surface area contributed by atoms with Gasteiger partial charge in [-0.2, -0.15) is 0 Å². The van der Waals surface area contributed by atoms with E-state index in [1.165, 1.54) is 0 Å². The van der Waals surface area contributed by atoms with E-state index in [-0.39, 0.29) is 12.5 Å². The van der Waals surface area contributed by atoms with Crippen LogP contribution in [-0.2, 0) is 0 Å². The average Bonchev–Trinajstić information content (AvgIpc) is 3.02. The molecule has 25 heavy (non-hydrogen) atoms. The van der Waals surface area contributed by atoms with Gasteiger partial charge in [-0.25, -0.2) is 0 Å². The minimum atomic E-state index is -0.858. The third-order valence-corrected chi connectivity index (χ3v) is 4.06. The first-order chi connectivity index (χ1) is 12.1. The highest BCUT2D eigenvalue weighted by Crippen LogP contribution is 2.25. The molecule has 2 N–H and O–H groups in total. The standard InChI is InChI=1S/C19H17ClN2O3/c1-12-17(18(22-25-12)13-6-3-2-4-7-13)19(24)21-11-16(23)14-8-5-9-15(20)10-14/h2-10,16,23H,11H2,1H3,(H,21,24). The number of aryl methyl sites for hydroxylation is 1. The molecule has 6 heteroatoms. The largest absolute Gasteiger partial charge is 0.387 e. The summed E-state index contributed by atoms with van der Waals surface area (Å²) in [5.41, 5.74) is 2.27. The molecule has 0 spiro atoms. The fourth-order valence-electron chi connectivity index (χ4n) is 2.54. The van der Waals surface area contributed by atoms with Crippen LogP contribution in [0.1, 0.15) is 27.8 Å². The highest BCUT2D eigenvalue weighted by molar-refractivity contribution is 6.30. The van der Waals surface area contributed by atoms with E-state index in [4.69, 9.17) is 16.1 Å². The number of aliphatic hydroxyl groups is 1. The van der Waals surface area contributed by atoms with Crippen LogP contribution in [0.4, 0.5) is 0 Å². The number of benzene rings is 2. The van der Waals surface area contributed by atoms with Crippen LogP contribution in [0, 0.1) is 6.92 Å². The fourth-order valence-corrected chi connectivity index (χ4v) is 2.74. The summed E-state index contributed by atoms with van der Waals surface area (Å²) in [5, 5.41) is 17.5. The van der Waals surface area contributed by atoms with E-state index in [0.29, 0.717) is 27.6 Å². The first-order valence-electron chi connectivity index (χ1n) is 7.79. The third kappa shape index (κ3) is 3.90. The minimum absolute atomic E-state index is 0.0536. The Morgan fingerprint density at radius 2 is 2.00 bits per heavy atom. The monoisotopic (exact) mass is 356 g/mol. The van der Waals surface area contributed by atoms with Crippen molar-refractivity contribution >= 4 is 17.5 Å². The number of carbonyl (C=O) groups is 1. The summed E-state index contributed by atoms with van der Waals surface area (Å²) in [7, 11) is 0. The third-order valence-electron chi connectivity index (χ3n) is 3.83. The quantitative estimate of drug-likeness (QED) is 0.729. The lowest BCUT2D eigenvalue weighted by molar-refractivity contribution is 0.0915. The molecular weight excluding hydrogens is 340 g/mol. The van der Waals surface area contributed by atoms with Crippen molar-refractivity contribution in [3.63, 3.8) is 0 Å². The second-order valence-electron chi connectivity index (χ2n) is 5.61. The van der Waals surface area contributed by atoms with Crippen molar-refractivity contribution in [2.75, 3.05) is 6.54 Å². The van der Waals surface area contributed by atoms with Crippen molar-refractivity contribution in [3.8, 4) is 11.3 Å². The number of carbonyl (C=O) groups excluding carboxylic acids is 1. The Hall–Kier alpha value is -2.63. The van der Waals surface area contributed by atoms with Crippen molar-refractivity contribution in [3.05, 3.63) is 76.5 Å². The van der Waals surface area contributed by atoms with Gasteiger partial charge in [0.15, 0.2) is 0 Å². The van der Waals surface area contributed by atoms with Gasteiger partial charge in [0.1, 0.15) is 17.0 Å². The van der Waals surface area contributed by atoms with E-state index in [9.17, 15) is 9.90 Å². The molecule has 0 saturated heterocycles. The Kier molecular flexibility index (Phi) is 5.16. The SMILES string of the molecule is Cc1onc(-c2ccccc2)c1C(=O)NCC(O)c1cccc(Cl)c1. The molecule has 1 unspecified atom stereocenters. The number of nitrogens with zero attached hydrogens (tertiary/aromatic N) is 1. The Bertz CT molecular complexity index is 877. The van der Waals surface area contributed by atoms with Gasteiger partial charge in [0, 0.05) is 17.1 Å². The molecule has 0 aliphatic carbocycles. The molecule has 3 aromatic rings. The lowest BCUT2D eigenvalue weighted by Crippen LogP contribution is -2.29. The van der Waals surface area contributed by atoms with Crippen LogP contribution in [0.3, 0.4) is 0 Å². The van der Waals surface area contributed by atoms with Gasteiger partial charge in [0.25, 0.3) is 5.91 Å². The lowest BCUT2D eigenvalue weighted by Gasteiger charge is -2.12. The molecule has 1 heterocycles. The van der Waals surface area contributed by atoms with E-state index >= 15 is 0 Å². The molecule has 1 amide bonds. The van der Waals surface area contributed by atoms with Gasteiger partial charge < -0.3 is 14.9 Å². The Morgan fingerprint density at radius 1 is 1.24 bits per heavy atom. The number of halogens is 1. The lowest BCUT2D eigenvalue weighted by atomic mass is 10.1. The predicted octanol–water partition coefficient (Wildman–Crippen LogP) is 3.77. The molecule has 0 aliphatic rings. The zero-order chi connectivity index (χ0) is 17.8. The van der Waals surface area contributed by atoms with Crippen LogP contribution in [0.25, 0.3) is 11.3 Å². The van der Waals surface area contributed by atoms with Crippen molar-refractivity contribution < 1.29 is 14.4 Å². The number of amides is 1. The molecular formula is C19H17ClN2O3. The molecule has 0 saturated carbocycles. The van der Waals surface area contributed by atoms with Gasteiger partial charge in [-0.15, -0.1) is 0 Å². The van der Waals surface area contributed by atoms with Gasteiger partial charge in [0.05, 0.1) is 6.10 Å². The van der Waals surface area contributed by atoms with E-state index in [0.717, 1.165) is 5.56 Å². The van der Waals surface area contributed by atoms with E-state index in [1.807, 2.05) is 30.3 Å². The zero-order valence-electron chi connectivity index (χ0n) is 13.6. The summed E-state index contributed by atoms with van der Waals surface area (Å²) in [6.45, 7) is 1.74. The number of hydrogen-bond acceptors (Lipinski definition) is 4. The van der Waals surface area contributed by atoms with Crippen LogP contribution in [0.2, 0.25) is 5.02 Å². The summed E-state index contributed by atoms with van der Waals surface area (Å²) in [6.07, 6.45) is -0.858. The number of aromatic nitrogens is 1. The number of nitrogens with one attached hydrogen (secondary N) is 1. The maximum absolute atomic E-state index is 12.6. The van der Waals surface area contributed by atoms with Crippen molar-refractivity contribution in [2.45, 2.75) is 13.0 Å². The molecule has 5 nitrogen and oxygen atoms in total. The maximum atomic E-state index is 12.6. The van der Waals surface area contributed by atoms with Crippen LogP contribution < -0.4 is 5.32 Å². The molecule has 1 aromatic heterocycles. The van der Waals surface area contributed by atoms with E-state index < -0.39 is 6.10 Å². The van der Waals surface area contributed by atoms with Gasteiger partial charge in [-0.3, -0.25) is 4.79 Å². The molecule has 0 fully saturated rings. The van der Waals surface area contributed by atoms with Crippen molar-refractivity contribution in [2.24, 2.45) is 0 Å². The Labute approximate surface area is 150 Å². The maximum Gasteiger partial charge on any atom is 0.257 e. The summed E-state index contributed by atoms with van der Waals surface area (Å²) in [5.74, 6) is 0.0762. The van der Waals surface area contributed by atoms with E-state index in [2.05, 4.69) is 10.5 Å². The van der Waals surface area contributed by atoms with Gasteiger partial charge >= 0.3 is 0 Å². The highest BCUT2D eigenvalue weighted by Gasteiger charge is 2.22. The second-order valence-corrected chi connectivity index (χ2v) is 6.05.